The van der Waals surface area contributed by atoms with Crippen LogP contribution in [0.3, 0.4) is 0 Å². The van der Waals surface area contributed by atoms with Gasteiger partial charge >= 0.3 is 5.97 Å². The van der Waals surface area contributed by atoms with Gasteiger partial charge in [0.2, 0.25) is 10.0 Å². The van der Waals surface area contributed by atoms with E-state index in [4.69, 9.17) is 14.6 Å². The number of sulfonamides is 1. The molecule has 3 rings (SSSR count). The Balaban J connectivity index is 1.67. The minimum atomic E-state index is -3.58. The Morgan fingerprint density at radius 2 is 1.73 bits per heavy atom. The van der Waals surface area contributed by atoms with Crippen LogP contribution in [0.25, 0.3) is 0 Å². The lowest BCUT2D eigenvalue weighted by Crippen LogP contribution is -2.38. The third kappa shape index (κ3) is 5.31. The van der Waals surface area contributed by atoms with Gasteiger partial charge in [-0.1, -0.05) is 18.2 Å². The maximum absolute atomic E-state index is 13.0. The highest BCUT2D eigenvalue weighted by atomic mass is 32.2. The van der Waals surface area contributed by atoms with Gasteiger partial charge in [-0.15, -0.1) is 0 Å². The molecule has 0 atom stereocenters. The molecule has 30 heavy (non-hydrogen) atoms. The van der Waals surface area contributed by atoms with Crippen molar-refractivity contribution >= 4 is 16.0 Å². The molecule has 2 aromatic rings. The lowest BCUT2D eigenvalue weighted by atomic mass is 9.89. The van der Waals surface area contributed by atoms with Crippen molar-refractivity contribution in [3.05, 3.63) is 54.1 Å². The number of carboxylic acid groups (broad SMARTS) is 1. The average molecular weight is 434 g/mol. The number of aliphatic carboxylic acids is 1. The summed E-state index contributed by atoms with van der Waals surface area (Å²) in [6.45, 7) is 4.22. The highest BCUT2D eigenvalue weighted by Crippen LogP contribution is 2.35. The van der Waals surface area contributed by atoms with Gasteiger partial charge in [-0.2, -0.15) is 4.31 Å². The molecule has 0 unspecified atom stereocenters. The molecular formula is C22H27NO6S. The summed E-state index contributed by atoms with van der Waals surface area (Å²) >= 11 is 0. The van der Waals surface area contributed by atoms with E-state index in [-0.39, 0.29) is 16.9 Å². The van der Waals surface area contributed by atoms with Gasteiger partial charge in [0.15, 0.2) is 6.61 Å². The van der Waals surface area contributed by atoms with Gasteiger partial charge in [0.05, 0.1) is 11.0 Å². The lowest BCUT2D eigenvalue weighted by molar-refractivity contribution is -0.139. The van der Waals surface area contributed by atoms with E-state index in [1.807, 2.05) is 26.0 Å². The minimum Gasteiger partial charge on any atom is -0.491 e. The van der Waals surface area contributed by atoms with Crippen molar-refractivity contribution < 1.29 is 27.8 Å². The van der Waals surface area contributed by atoms with Gasteiger partial charge in [0.25, 0.3) is 0 Å². The zero-order chi connectivity index (χ0) is 21.7. The van der Waals surface area contributed by atoms with Crippen molar-refractivity contribution in [1.82, 2.24) is 4.31 Å². The van der Waals surface area contributed by atoms with E-state index in [1.165, 1.54) is 4.31 Å². The Morgan fingerprint density at radius 1 is 1.10 bits per heavy atom. The van der Waals surface area contributed by atoms with Crippen LogP contribution in [-0.4, -0.2) is 49.6 Å². The van der Waals surface area contributed by atoms with Crippen LogP contribution >= 0.6 is 0 Å². The van der Waals surface area contributed by atoms with E-state index in [2.05, 4.69) is 0 Å². The number of rotatable bonds is 8. The Kier molecular flexibility index (Phi) is 6.99. The van der Waals surface area contributed by atoms with Gasteiger partial charge in [-0.3, -0.25) is 0 Å². The summed E-state index contributed by atoms with van der Waals surface area (Å²) in [5, 5.41) is 8.86. The molecule has 1 N–H and O–H groups in total. The van der Waals surface area contributed by atoms with E-state index >= 15 is 0 Å². The van der Waals surface area contributed by atoms with Crippen molar-refractivity contribution in [2.45, 2.75) is 43.6 Å². The van der Waals surface area contributed by atoms with Crippen LogP contribution in [0, 0.1) is 0 Å². The van der Waals surface area contributed by atoms with Gasteiger partial charge < -0.3 is 14.6 Å². The van der Waals surface area contributed by atoms with Crippen molar-refractivity contribution in [2.24, 2.45) is 0 Å². The largest absolute Gasteiger partial charge is 0.491 e. The normalized spacial score (nSPS) is 15.8. The standard InChI is InChI=1S/C22H27NO6S/c1-16(2)29-18-7-9-19(10-8-18)30(26,27)23-13-11-17(12-14-23)20-5-3-4-6-21(20)28-15-22(24)25/h3-10,16-17H,11-15H2,1-2H3,(H,24,25). The van der Waals surface area contributed by atoms with E-state index in [0.29, 0.717) is 37.4 Å². The first-order valence-corrected chi connectivity index (χ1v) is 11.4. The summed E-state index contributed by atoms with van der Waals surface area (Å²) in [4.78, 5) is 11.1. The molecule has 0 amide bonds. The van der Waals surface area contributed by atoms with E-state index < -0.39 is 22.6 Å². The van der Waals surface area contributed by atoms with Crippen LogP contribution in [0.4, 0.5) is 0 Å². The SMILES string of the molecule is CC(C)Oc1ccc(S(=O)(=O)N2CCC(c3ccccc3OCC(=O)O)CC2)cc1. The smallest absolute Gasteiger partial charge is 0.341 e. The zero-order valence-electron chi connectivity index (χ0n) is 17.2. The number of hydrogen-bond donors (Lipinski definition) is 1. The molecular weight excluding hydrogens is 406 g/mol. The molecule has 1 aliphatic heterocycles. The molecule has 0 saturated carbocycles. The van der Waals surface area contributed by atoms with E-state index in [0.717, 1.165) is 5.56 Å². The van der Waals surface area contributed by atoms with Crippen LogP contribution in [0.5, 0.6) is 11.5 Å². The van der Waals surface area contributed by atoms with Gasteiger partial charge in [-0.25, -0.2) is 13.2 Å². The van der Waals surface area contributed by atoms with Crippen LogP contribution in [0.15, 0.2) is 53.4 Å². The number of ether oxygens (including phenoxy) is 2. The fourth-order valence-corrected chi connectivity index (χ4v) is 5.08. The molecule has 8 heteroatoms. The number of hydrogen-bond acceptors (Lipinski definition) is 5. The third-order valence-electron chi connectivity index (χ3n) is 5.00. The Hall–Kier alpha value is -2.58. The van der Waals surface area contributed by atoms with Crippen LogP contribution < -0.4 is 9.47 Å². The number of para-hydroxylation sites is 1. The zero-order valence-corrected chi connectivity index (χ0v) is 18.0. The summed E-state index contributed by atoms with van der Waals surface area (Å²) in [6.07, 6.45) is 1.30. The second-order valence-electron chi connectivity index (χ2n) is 7.54. The number of carbonyl (C=O) groups is 1. The van der Waals surface area contributed by atoms with E-state index in [9.17, 15) is 13.2 Å². The maximum Gasteiger partial charge on any atom is 0.341 e. The predicted molar refractivity (Wildman–Crippen MR) is 113 cm³/mol. The maximum atomic E-state index is 13.0. The molecule has 0 aromatic heterocycles. The van der Waals surface area contributed by atoms with Crippen molar-refractivity contribution in [2.75, 3.05) is 19.7 Å². The first-order valence-electron chi connectivity index (χ1n) is 9.97. The number of carboxylic acids is 1. The summed E-state index contributed by atoms with van der Waals surface area (Å²) in [6, 6.07) is 13.9. The number of nitrogens with zero attached hydrogens (tertiary/aromatic N) is 1. The van der Waals surface area contributed by atoms with Crippen molar-refractivity contribution in [3.8, 4) is 11.5 Å². The fraction of sp³-hybridized carbons (Fsp3) is 0.409. The third-order valence-corrected chi connectivity index (χ3v) is 6.91. The Bertz CT molecular complexity index is 963. The minimum absolute atomic E-state index is 0.0221. The molecule has 2 aromatic carbocycles. The molecule has 0 spiro atoms. The van der Waals surface area contributed by atoms with Gasteiger partial charge in [-0.05, 0) is 68.5 Å². The highest BCUT2D eigenvalue weighted by molar-refractivity contribution is 7.89. The molecule has 7 nitrogen and oxygen atoms in total. The Morgan fingerprint density at radius 3 is 2.33 bits per heavy atom. The molecule has 1 saturated heterocycles. The summed E-state index contributed by atoms with van der Waals surface area (Å²) in [5.41, 5.74) is 0.922. The van der Waals surface area contributed by atoms with Crippen LogP contribution in [0.1, 0.15) is 38.2 Å². The Labute approximate surface area is 177 Å². The molecule has 1 aliphatic rings. The number of benzene rings is 2. The molecule has 0 bridgehead atoms. The van der Waals surface area contributed by atoms with Crippen molar-refractivity contribution in [3.63, 3.8) is 0 Å². The summed E-state index contributed by atoms with van der Waals surface area (Å²) < 4.78 is 38.5. The van der Waals surface area contributed by atoms with Crippen LogP contribution in [-0.2, 0) is 14.8 Å². The number of piperidine rings is 1. The molecule has 0 radical (unpaired) electrons. The van der Waals surface area contributed by atoms with E-state index in [1.54, 1.807) is 36.4 Å². The van der Waals surface area contributed by atoms with Crippen molar-refractivity contribution in [1.29, 1.82) is 0 Å². The lowest BCUT2D eigenvalue weighted by Gasteiger charge is -2.32. The van der Waals surface area contributed by atoms with Gasteiger partial charge in [0.1, 0.15) is 11.5 Å². The second-order valence-corrected chi connectivity index (χ2v) is 9.47. The molecule has 1 fully saturated rings. The monoisotopic (exact) mass is 433 g/mol. The molecule has 162 valence electrons. The second kappa shape index (κ2) is 9.49. The summed E-state index contributed by atoms with van der Waals surface area (Å²) in [5.74, 6) is 0.265. The highest BCUT2D eigenvalue weighted by Gasteiger charge is 2.31. The molecule has 0 aliphatic carbocycles. The average Bonchev–Trinajstić information content (AvgIpc) is 2.72. The van der Waals surface area contributed by atoms with Gasteiger partial charge in [0, 0.05) is 13.1 Å². The predicted octanol–water partition coefficient (Wildman–Crippen LogP) is 3.51. The first kappa shape index (κ1) is 22.1. The van der Waals surface area contributed by atoms with Crippen LogP contribution in [0.2, 0.25) is 0 Å². The topological polar surface area (TPSA) is 93.1 Å². The molecule has 1 heterocycles. The quantitative estimate of drug-likeness (QED) is 0.685. The summed E-state index contributed by atoms with van der Waals surface area (Å²) in [7, 11) is -3.58. The first-order chi connectivity index (χ1) is 14.3. The fourth-order valence-electron chi connectivity index (χ4n) is 3.61.